The summed E-state index contributed by atoms with van der Waals surface area (Å²) in [4.78, 5) is 32.4. The maximum atomic E-state index is 13.0. The molecular weight excluding hydrogens is 420 g/mol. The molecule has 2 N–H and O–H groups in total. The smallest absolute Gasteiger partial charge is 0.223 e. The maximum absolute atomic E-state index is 13.0. The third-order valence-electron chi connectivity index (χ3n) is 5.84. The maximum Gasteiger partial charge on any atom is 0.223 e. The fraction of sp³-hybridized carbons (Fsp3) is 0.375. The molecule has 1 saturated heterocycles. The zero-order valence-corrected chi connectivity index (χ0v) is 19.1. The minimum absolute atomic E-state index is 0.0637. The summed E-state index contributed by atoms with van der Waals surface area (Å²) in [5, 5.41) is 0. The number of ether oxygens (including phenoxy) is 2. The van der Waals surface area contributed by atoms with Crippen molar-refractivity contribution < 1.29 is 14.3 Å². The lowest BCUT2D eigenvalue weighted by atomic mass is 10.0. The molecule has 0 aliphatic carbocycles. The normalized spacial score (nSPS) is 16.0. The predicted molar refractivity (Wildman–Crippen MR) is 124 cm³/mol. The highest BCUT2D eigenvalue weighted by molar-refractivity contribution is 5.76. The van der Waals surface area contributed by atoms with E-state index in [1.54, 1.807) is 19.5 Å². The van der Waals surface area contributed by atoms with Gasteiger partial charge in [0.2, 0.25) is 11.9 Å². The van der Waals surface area contributed by atoms with E-state index >= 15 is 0 Å². The van der Waals surface area contributed by atoms with Gasteiger partial charge in [0.15, 0.2) is 0 Å². The Bertz CT molecular complexity index is 1110. The monoisotopic (exact) mass is 448 g/mol. The van der Waals surface area contributed by atoms with Crippen LogP contribution >= 0.6 is 0 Å². The van der Waals surface area contributed by atoms with Gasteiger partial charge in [0.25, 0.3) is 0 Å². The molecule has 1 atom stereocenters. The van der Waals surface area contributed by atoms with E-state index in [1.165, 1.54) is 0 Å². The number of hydrogen-bond acceptors (Lipinski definition) is 8. The molecule has 9 heteroatoms. The van der Waals surface area contributed by atoms with Crippen LogP contribution in [0.25, 0.3) is 11.3 Å². The van der Waals surface area contributed by atoms with Crippen molar-refractivity contribution in [3.8, 4) is 17.0 Å². The molecule has 0 bridgehead atoms. The van der Waals surface area contributed by atoms with Gasteiger partial charge in [0.05, 0.1) is 31.6 Å². The molecule has 0 spiro atoms. The average molecular weight is 449 g/mol. The van der Waals surface area contributed by atoms with Crippen LogP contribution in [0.15, 0.2) is 36.7 Å². The van der Waals surface area contributed by atoms with Gasteiger partial charge in [-0.05, 0) is 50.1 Å². The van der Waals surface area contributed by atoms with Gasteiger partial charge in [-0.2, -0.15) is 0 Å². The number of aromatic nitrogens is 4. The average Bonchev–Trinajstić information content (AvgIpc) is 2.83. The number of methoxy groups -OCH3 is 1. The Morgan fingerprint density at radius 1 is 1.15 bits per heavy atom. The molecular formula is C24H28N6O3. The number of nitrogens with two attached hydrogens (primary N) is 1. The van der Waals surface area contributed by atoms with Gasteiger partial charge in [-0.15, -0.1) is 0 Å². The van der Waals surface area contributed by atoms with Crippen LogP contribution in [0.5, 0.6) is 5.75 Å². The van der Waals surface area contributed by atoms with Crippen LogP contribution < -0.4 is 10.5 Å². The number of amides is 1. The number of nitrogens with zero attached hydrogens (tertiary/aromatic N) is 5. The molecule has 1 aliphatic heterocycles. The standard InChI is InChI=1S/C24H28N6O3/c1-15-19(16(2)29-24(25)28-15)8-9-21(31)30-12-13-33-20(14-30)23-22(26-10-11-27-23)17-4-6-18(32-3)7-5-17/h4-7,10-11,20H,8-9,12-14H2,1-3H3,(H2,25,28,29). The molecule has 172 valence electrons. The molecule has 1 amide bonds. The molecule has 3 heterocycles. The third kappa shape index (κ3) is 5.09. The Morgan fingerprint density at radius 2 is 1.85 bits per heavy atom. The zero-order valence-electron chi connectivity index (χ0n) is 19.1. The first-order valence-electron chi connectivity index (χ1n) is 10.9. The predicted octanol–water partition coefficient (Wildman–Crippen LogP) is 2.67. The Morgan fingerprint density at radius 3 is 2.55 bits per heavy atom. The first-order chi connectivity index (χ1) is 16.0. The van der Waals surface area contributed by atoms with Crippen LogP contribution in [0.4, 0.5) is 5.95 Å². The largest absolute Gasteiger partial charge is 0.497 e. The van der Waals surface area contributed by atoms with Gasteiger partial charge >= 0.3 is 0 Å². The van der Waals surface area contributed by atoms with Gasteiger partial charge in [-0.3, -0.25) is 14.8 Å². The first kappa shape index (κ1) is 22.6. The van der Waals surface area contributed by atoms with Crippen molar-refractivity contribution in [2.24, 2.45) is 0 Å². The number of carbonyl (C=O) groups excluding carboxylic acids is 1. The lowest BCUT2D eigenvalue weighted by molar-refractivity contribution is -0.139. The number of rotatable bonds is 6. The van der Waals surface area contributed by atoms with Crippen LogP contribution in [-0.2, 0) is 16.0 Å². The first-order valence-corrected chi connectivity index (χ1v) is 10.9. The highest BCUT2D eigenvalue weighted by Gasteiger charge is 2.28. The van der Waals surface area contributed by atoms with Gasteiger partial charge in [0, 0.05) is 42.3 Å². The van der Waals surface area contributed by atoms with Crippen molar-refractivity contribution in [1.29, 1.82) is 0 Å². The highest BCUT2D eigenvalue weighted by Crippen LogP contribution is 2.30. The van der Waals surface area contributed by atoms with Crippen LogP contribution in [0.2, 0.25) is 0 Å². The molecule has 33 heavy (non-hydrogen) atoms. The summed E-state index contributed by atoms with van der Waals surface area (Å²) in [6.45, 7) is 5.20. The third-order valence-corrected chi connectivity index (χ3v) is 5.84. The zero-order chi connectivity index (χ0) is 23.4. The molecule has 0 saturated carbocycles. The van der Waals surface area contributed by atoms with Crippen molar-refractivity contribution in [1.82, 2.24) is 24.8 Å². The molecule has 1 aliphatic rings. The van der Waals surface area contributed by atoms with Gasteiger partial charge < -0.3 is 20.1 Å². The summed E-state index contributed by atoms with van der Waals surface area (Å²) in [5.41, 5.74) is 10.7. The van der Waals surface area contributed by atoms with Gasteiger partial charge in [-0.25, -0.2) is 9.97 Å². The fourth-order valence-corrected chi connectivity index (χ4v) is 4.11. The van der Waals surface area contributed by atoms with E-state index in [0.29, 0.717) is 32.5 Å². The number of benzene rings is 1. The van der Waals surface area contributed by atoms with E-state index < -0.39 is 0 Å². The highest BCUT2D eigenvalue weighted by atomic mass is 16.5. The molecule has 9 nitrogen and oxygen atoms in total. The summed E-state index contributed by atoms with van der Waals surface area (Å²) in [7, 11) is 1.63. The molecule has 2 aromatic heterocycles. The molecule has 1 unspecified atom stereocenters. The summed E-state index contributed by atoms with van der Waals surface area (Å²) in [6, 6.07) is 7.65. The van der Waals surface area contributed by atoms with Crippen molar-refractivity contribution >= 4 is 11.9 Å². The second-order valence-corrected chi connectivity index (χ2v) is 7.95. The van der Waals surface area contributed by atoms with Crippen molar-refractivity contribution in [2.75, 3.05) is 32.5 Å². The van der Waals surface area contributed by atoms with Crippen molar-refractivity contribution in [3.63, 3.8) is 0 Å². The SMILES string of the molecule is COc1ccc(-c2nccnc2C2CN(C(=O)CCc3c(C)nc(N)nc3C)CCO2)cc1. The lowest BCUT2D eigenvalue weighted by Gasteiger charge is -2.33. The Labute approximate surface area is 193 Å². The Hall–Kier alpha value is -3.59. The van der Waals surface area contributed by atoms with E-state index in [-0.39, 0.29) is 18.0 Å². The van der Waals surface area contributed by atoms with Gasteiger partial charge in [-0.1, -0.05) is 0 Å². The summed E-state index contributed by atoms with van der Waals surface area (Å²) in [6.07, 6.45) is 3.90. The number of carbonyl (C=O) groups is 1. The molecule has 1 fully saturated rings. The fourth-order valence-electron chi connectivity index (χ4n) is 4.11. The van der Waals surface area contributed by atoms with Crippen molar-refractivity contribution in [3.05, 3.63) is 59.3 Å². The number of morpholine rings is 1. The Balaban J connectivity index is 1.47. The van der Waals surface area contributed by atoms with E-state index in [9.17, 15) is 4.79 Å². The number of aryl methyl sites for hydroxylation is 2. The number of hydrogen-bond donors (Lipinski definition) is 1. The number of nitrogen functional groups attached to an aromatic ring is 1. The van der Waals surface area contributed by atoms with Crippen LogP contribution in [0.3, 0.4) is 0 Å². The van der Waals surface area contributed by atoms with Crippen LogP contribution in [0.1, 0.15) is 35.2 Å². The summed E-state index contributed by atoms with van der Waals surface area (Å²) < 4.78 is 11.3. The van der Waals surface area contributed by atoms with E-state index in [2.05, 4.69) is 19.9 Å². The second-order valence-electron chi connectivity index (χ2n) is 7.95. The topological polar surface area (TPSA) is 116 Å². The number of anilines is 1. The van der Waals surface area contributed by atoms with E-state index in [0.717, 1.165) is 39.7 Å². The van der Waals surface area contributed by atoms with Crippen LogP contribution in [0, 0.1) is 13.8 Å². The summed E-state index contributed by atoms with van der Waals surface area (Å²) >= 11 is 0. The molecule has 3 aromatic rings. The minimum atomic E-state index is -0.350. The minimum Gasteiger partial charge on any atom is -0.497 e. The van der Waals surface area contributed by atoms with E-state index in [4.69, 9.17) is 15.2 Å². The molecule has 4 rings (SSSR count). The molecule has 1 aromatic carbocycles. The molecule has 0 radical (unpaired) electrons. The lowest BCUT2D eigenvalue weighted by Crippen LogP contribution is -2.42. The Kier molecular flexibility index (Phi) is 6.79. The van der Waals surface area contributed by atoms with E-state index in [1.807, 2.05) is 43.0 Å². The quantitative estimate of drug-likeness (QED) is 0.612. The second kappa shape index (κ2) is 9.91. The summed E-state index contributed by atoms with van der Waals surface area (Å²) in [5.74, 6) is 1.09. The van der Waals surface area contributed by atoms with Crippen molar-refractivity contribution in [2.45, 2.75) is 32.8 Å². The van der Waals surface area contributed by atoms with Gasteiger partial charge in [0.1, 0.15) is 11.9 Å². The van der Waals surface area contributed by atoms with Crippen LogP contribution in [-0.4, -0.2) is 57.5 Å².